The Morgan fingerprint density at radius 1 is 1.89 bits per heavy atom. The average Bonchev–Trinajstić information content (AvgIpc) is 2.37. The summed E-state index contributed by atoms with van der Waals surface area (Å²) < 4.78 is 8.15. The fourth-order valence-corrected chi connectivity index (χ4v) is 0.922. The first-order chi connectivity index (χ1) is 4.34. The fourth-order valence-electron chi connectivity index (χ4n) is 0.422. The first-order valence-electron chi connectivity index (χ1n) is 2.33. The Morgan fingerprint density at radius 2 is 2.67 bits per heavy atom. The molecule has 48 valence electrons. The third-order valence-electron chi connectivity index (χ3n) is 0.832. The molecule has 0 N–H and O–H groups in total. The zero-order valence-corrected chi connectivity index (χ0v) is 5.64. The van der Waals surface area contributed by atoms with Gasteiger partial charge in [0.1, 0.15) is 0 Å². The lowest BCUT2D eigenvalue weighted by Gasteiger charge is -1.89. The van der Waals surface area contributed by atoms with Gasteiger partial charge in [0, 0.05) is 5.38 Å². The van der Waals surface area contributed by atoms with E-state index in [9.17, 15) is 4.79 Å². The van der Waals surface area contributed by atoms with E-state index in [0.29, 0.717) is 5.69 Å². The molecular weight excluding hydrogens is 138 g/mol. The van der Waals surface area contributed by atoms with Gasteiger partial charge in [-0.05, 0) is 17.6 Å². The maximum absolute atomic E-state index is 10.6. The minimum atomic E-state index is -0.378. The van der Waals surface area contributed by atoms with Crippen LogP contribution in [0, 0.1) is 0 Å². The second kappa shape index (κ2) is 2.59. The Hall–Kier alpha value is -0.900. The highest BCUT2D eigenvalue weighted by Gasteiger charge is 2.04. The van der Waals surface area contributed by atoms with Crippen molar-refractivity contribution >= 4 is 17.5 Å². The summed E-state index contributed by atoms with van der Waals surface area (Å²) in [5.74, 6) is -0.378. The van der Waals surface area contributed by atoms with E-state index in [0.717, 1.165) is 0 Å². The van der Waals surface area contributed by atoms with Crippen LogP contribution in [0.5, 0.6) is 0 Å². The van der Waals surface area contributed by atoms with Gasteiger partial charge in [0.05, 0.1) is 7.11 Å². The average molecular weight is 143 g/mol. The van der Waals surface area contributed by atoms with Crippen molar-refractivity contribution in [3.05, 3.63) is 17.1 Å². The summed E-state index contributed by atoms with van der Waals surface area (Å²) in [6, 6.07) is 1.62. The van der Waals surface area contributed by atoms with Crippen LogP contribution in [0.2, 0.25) is 0 Å². The Morgan fingerprint density at radius 3 is 3.11 bits per heavy atom. The quantitative estimate of drug-likeness (QED) is 0.549. The first kappa shape index (κ1) is 6.22. The summed E-state index contributed by atoms with van der Waals surface area (Å²) in [5.41, 5.74) is 0.377. The van der Waals surface area contributed by atoms with Crippen molar-refractivity contribution in [1.29, 1.82) is 0 Å². The molecule has 0 saturated carbocycles. The molecule has 0 aliphatic heterocycles. The standard InChI is InChI=1S/C5H5NO2S/c1-8-5(7)4-2-3-9-6-4/h2-3H,1H3. The van der Waals surface area contributed by atoms with E-state index in [4.69, 9.17) is 0 Å². The molecule has 1 rings (SSSR count). The lowest BCUT2D eigenvalue weighted by atomic mass is 10.4. The highest BCUT2D eigenvalue weighted by molar-refractivity contribution is 7.03. The second-order valence-corrected chi connectivity index (χ2v) is 2.04. The smallest absolute Gasteiger partial charge is 0.357 e. The Bertz CT molecular complexity index is 195. The summed E-state index contributed by atoms with van der Waals surface area (Å²) in [4.78, 5) is 10.6. The fraction of sp³-hybridized carbons (Fsp3) is 0.200. The normalized spacial score (nSPS) is 9.00. The van der Waals surface area contributed by atoms with Crippen LogP contribution in [0.3, 0.4) is 0 Å². The molecule has 0 saturated heterocycles. The number of nitrogens with zero attached hydrogens (tertiary/aromatic N) is 1. The molecule has 0 radical (unpaired) electrons. The highest BCUT2D eigenvalue weighted by Crippen LogP contribution is 1.99. The molecule has 0 aliphatic rings. The predicted molar refractivity (Wildman–Crippen MR) is 33.5 cm³/mol. The van der Waals surface area contributed by atoms with E-state index < -0.39 is 0 Å². The zero-order chi connectivity index (χ0) is 6.69. The van der Waals surface area contributed by atoms with Crippen molar-refractivity contribution < 1.29 is 9.53 Å². The molecule has 0 fully saturated rings. The van der Waals surface area contributed by atoms with Gasteiger partial charge in [-0.2, -0.15) is 4.37 Å². The number of rotatable bonds is 1. The van der Waals surface area contributed by atoms with E-state index in [-0.39, 0.29) is 5.97 Å². The third-order valence-corrected chi connectivity index (χ3v) is 1.39. The molecule has 0 bridgehead atoms. The molecule has 0 aromatic carbocycles. The van der Waals surface area contributed by atoms with Crippen molar-refractivity contribution in [2.24, 2.45) is 0 Å². The Balaban J connectivity index is 2.77. The molecule has 0 amide bonds. The maximum Gasteiger partial charge on any atom is 0.357 e. The zero-order valence-electron chi connectivity index (χ0n) is 4.83. The van der Waals surface area contributed by atoms with Crippen LogP contribution in [-0.4, -0.2) is 17.5 Å². The lowest BCUT2D eigenvalue weighted by molar-refractivity contribution is 0.0595. The van der Waals surface area contributed by atoms with Gasteiger partial charge in [0.25, 0.3) is 0 Å². The van der Waals surface area contributed by atoms with Gasteiger partial charge in [-0.3, -0.25) is 0 Å². The molecule has 4 heteroatoms. The number of esters is 1. The summed E-state index contributed by atoms with van der Waals surface area (Å²) in [6.45, 7) is 0. The number of methoxy groups -OCH3 is 1. The van der Waals surface area contributed by atoms with Crippen molar-refractivity contribution in [1.82, 2.24) is 4.37 Å². The molecule has 0 spiro atoms. The second-order valence-electron chi connectivity index (χ2n) is 1.38. The third kappa shape index (κ3) is 1.26. The lowest BCUT2D eigenvalue weighted by Crippen LogP contribution is -1.99. The van der Waals surface area contributed by atoms with Crippen molar-refractivity contribution in [2.45, 2.75) is 0 Å². The number of carbonyl (C=O) groups is 1. The van der Waals surface area contributed by atoms with Gasteiger partial charge in [0.15, 0.2) is 5.69 Å². The molecule has 0 aliphatic carbocycles. The van der Waals surface area contributed by atoms with E-state index in [1.54, 1.807) is 11.4 Å². The van der Waals surface area contributed by atoms with Gasteiger partial charge in [-0.1, -0.05) is 0 Å². The molecule has 1 aromatic rings. The van der Waals surface area contributed by atoms with E-state index in [2.05, 4.69) is 9.11 Å². The molecular formula is C5H5NO2S. The van der Waals surface area contributed by atoms with Gasteiger partial charge in [0.2, 0.25) is 0 Å². The highest BCUT2D eigenvalue weighted by atomic mass is 32.1. The minimum absolute atomic E-state index is 0.377. The Labute approximate surface area is 56.4 Å². The number of hydrogen-bond donors (Lipinski definition) is 0. The summed E-state index contributed by atoms with van der Waals surface area (Å²) in [7, 11) is 1.34. The predicted octanol–water partition coefficient (Wildman–Crippen LogP) is 0.930. The molecule has 0 atom stereocenters. The van der Waals surface area contributed by atoms with Crippen LogP contribution < -0.4 is 0 Å². The van der Waals surface area contributed by atoms with Crippen molar-refractivity contribution in [3.8, 4) is 0 Å². The number of ether oxygens (including phenoxy) is 1. The van der Waals surface area contributed by atoms with E-state index >= 15 is 0 Å². The first-order valence-corrected chi connectivity index (χ1v) is 3.17. The van der Waals surface area contributed by atoms with Gasteiger partial charge in [-0.15, -0.1) is 0 Å². The van der Waals surface area contributed by atoms with Crippen molar-refractivity contribution in [2.75, 3.05) is 7.11 Å². The molecule has 1 heterocycles. The number of hydrogen-bond acceptors (Lipinski definition) is 4. The monoisotopic (exact) mass is 143 g/mol. The maximum atomic E-state index is 10.6. The Kier molecular flexibility index (Phi) is 1.79. The van der Waals surface area contributed by atoms with Crippen LogP contribution in [0.1, 0.15) is 10.5 Å². The van der Waals surface area contributed by atoms with Crippen molar-refractivity contribution in [3.63, 3.8) is 0 Å². The topological polar surface area (TPSA) is 39.2 Å². The SMILES string of the molecule is COC(=O)c1ccsn1. The van der Waals surface area contributed by atoms with E-state index in [1.165, 1.54) is 18.6 Å². The molecule has 0 unspecified atom stereocenters. The van der Waals surface area contributed by atoms with Crippen LogP contribution in [0.4, 0.5) is 0 Å². The summed E-state index contributed by atoms with van der Waals surface area (Å²) >= 11 is 1.23. The van der Waals surface area contributed by atoms with Gasteiger partial charge >= 0.3 is 5.97 Å². The molecule has 9 heavy (non-hydrogen) atoms. The largest absolute Gasteiger partial charge is 0.464 e. The van der Waals surface area contributed by atoms with Gasteiger partial charge < -0.3 is 4.74 Å². The van der Waals surface area contributed by atoms with E-state index in [1.807, 2.05) is 0 Å². The molecule has 1 aromatic heterocycles. The van der Waals surface area contributed by atoms with Crippen LogP contribution in [-0.2, 0) is 4.74 Å². The summed E-state index contributed by atoms with van der Waals surface area (Å²) in [6.07, 6.45) is 0. The number of aromatic nitrogens is 1. The van der Waals surface area contributed by atoms with Crippen LogP contribution in [0.15, 0.2) is 11.4 Å². The minimum Gasteiger partial charge on any atom is -0.464 e. The number of carbonyl (C=O) groups excluding carboxylic acids is 1. The summed E-state index contributed by atoms with van der Waals surface area (Å²) in [5, 5.41) is 1.73. The van der Waals surface area contributed by atoms with Crippen LogP contribution >= 0.6 is 11.5 Å². The van der Waals surface area contributed by atoms with Gasteiger partial charge in [-0.25, -0.2) is 4.79 Å². The van der Waals surface area contributed by atoms with Crippen LogP contribution in [0.25, 0.3) is 0 Å². The molecule has 3 nitrogen and oxygen atoms in total.